The Morgan fingerprint density at radius 2 is 2.38 bits per heavy atom. The van der Waals surface area contributed by atoms with Gasteiger partial charge in [-0.15, -0.1) is 21.5 Å². The normalized spacial score (nSPS) is 10.9. The van der Waals surface area contributed by atoms with Crippen LogP contribution in [0.25, 0.3) is 11.5 Å². The van der Waals surface area contributed by atoms with Crippen molar-refractivity contribution >= 4 is 11.3 Å². The summed E-state index contributed by atoms with van der Waals surface area (Å²) in [5, 5.41) is 11.1. The minimum atomic E-state index is 0.634. The van der Waals surface area contributed by atoms with Crippen LogP contribution >= 0.6 is 11.3 Å². The van der Waals surface area contributed by atoms with Crippen LogP contribution in [0.4, 0.5) is 0 Å². The minimum Gasteiger partial charge on any atom is -0.330 e. The molecule has 16 heavy (non-hydrogen) atoms. The lowest BCUT2D eigenvalue weighted by molar-refractivity contribution is 0.681. The molecule has 2 aromatic heterocycles. The highest BCUT2D eigenvalue weighted by Gasteiger charge is 2.10. The molecule has 0 saturated carbocycles. The van der Waals surface area contributed by atoms with Gasteiger partial charge in [0.15, 0.2) is 5.82 Å². The Labute approximate surface area is 98.3 Å². The zero-order chi connectivity index (χ0) is 11.4. The Kier molecular flexibility index (Phi) is 3.63. The zero-order valence-electron chi connectivity index (χ0n) is 9.26. The van der Waals surface area contributed by atoms with Crippen LogP contribution in [0.5, 0.6) is 0 Å². The summed E-state index contributed by atoms with van der Waals surface area (Å²) in [5.74, 6) is 0.848. The Morgan fingerprint density at radius 1 is 1.50 bits per heavy atom. The third-order valence-corrected chi connectivity index (χ3v) is 3.13. The van der Waals surface area contributed by atoms with Crippen molar-refractivity contribution in [2.45, 2.75) is 26.3 Å². The molecule has 2 aromatic rings. The first-order valence-electron chi connectivity index (χ1n) is 5.37. The lowest BCUT2D eigenvalue weighted by Gasteiger charge is -2.01. The first-order chi connectivity index (χ1) is 7.85. The molecule has 0 amide bonds. The van der Waals surface area contributed by atoms with E-state index in [9.17, 15) is 0 Å². The minimum absolute atomic E-state index is 0.634. The number of nitrogens with zero attached hydrogens (tertiary/aromatic N) is 4. The van der Waals surface area contributed by atoms with Gasteiger partial charge in [-0.1, -0.05) is 6.92 Å². The van der Waals surface area contributed by atoms with Crippen LogP contribution < -0.4 is 5.73 Å². The summed E-state index contributed by atoms with van der Waals surface area (Å²) in [6.45, 7) is 3.69. The maximum Gasteiger partial charge on any atom is 0.183 e. The van der Waals surface area contributed by atoms with Gasteiger partial charge >= 0.3 is 0 Å². The van der Waals surface area contributed by atoms with Gasteiger partial charge in [0.2, 0.25) is 0 Å². The first-order valence-corrected chi connectivity index (χ1v) is 6.25. The van der Waals surface area contributed by atoms with E-state index in [0.29, 0.717) is 6.54 Å². The number of nitrogens with two attached hydrogens (primary N) is 1. The van der Waals surface area contributed by atoms with E-state index in [2.05, 4.69) is 22.1 Å². The molecule has 86 valence electrons. The highest BCUT2D eigenvalue weighted by molar-refractivity contribution is 7.09. The molecule has 0 fully saturated rings. The van der Waals surface area contributed by atoms with Gasteiger partial charge in [0.05, 0.1) is 5.01 Å². The van der Waals surface area contributed by atoms with Crippen LogP contribution in [0.1, 0.15) is 18.4 Å². The molecule has 0 aromatic carbocycles. The number of hydrogen-bond donors (Lipinski definition) is 1. The quantitative estimate of drug-likeness (QED) is 0.851. The number of thiazole rings is 1. The largest absolute Gasteiger partial charge is 0.330 e. The van der Waals surface area contributed by atoms with Gasteiger partial charge in [0.1, 0.15) is 12.0 Å². The molecule has 0 bridgehead atoms. The molecule has 0 radical (unpaired) electrons. The molecule has 0 aliphatic heterocycles. The SMILES string of the molecule is CCCn1cnnc1-c1csc(CCN)n1. The molecule has 2 N–H and O–H groups in total. The summed E-state index contributed by atoms with van der Waals surface area (Å²) in [6, 6.07) is 0. The van der Waals surface area contributed by atoms with Gasteiger partial charge in [-0.3, -0.25) is 0 Å². The molecule has 0 aliphatic rings. The Morgan fingerprint density at radius 3 is 3.12 bits per heavy atom. The molecule has 0 spiro atoms. The van der Waals surface area contributed by atoms with E-state index in [1.165, 1.54) is 0 Å². The average molecular weight is 237 g/mol. The molecule has 2 rings (SSSR count). The summed E-state index contributed by atoms with van der Waals surface area (Å²) < 4.78 is 2.03. The third kappa shape index (κ3) is 2.28. The van der Waals surface area contributed by atoms with Crippen molar-refractivity contribution in [3.05, 3.63) is 16.7 Å². The molecular weight excluding hydrogens is 222 g/mol. The van der Waals surface area contributed by atoms with Crippen LogP contribution in [0.15, 0.2) is 11.7 Å². The van der Waals surface area contributed by atoms with E-state index >= 15 is 0 Å². The summed E-state index contributed by atoms with van der Waals surface area (Å²) >= 11 is 1.63. The molecular formula is C10H15N5S. The van der Waals surface area contributed by atoms with Crippen molar-refractivity contribution in [1.82, 2.24) is 19.7 Å². The summed E-state index contributed by atoms with van der Waals surface area (Å²) in [4.78, 5) is 4.50. The van der Waals surface area contributed by atoms with Crippen LogP contribution in [0, 0.1) is 0 Å². The highest BCUT2D eigenvalue weighted by Crippen LogP contribution is 2.20. The second-order valence-electron chi connectivity index (χ2n) is 3.51. The zero-order valence-corrected chi connectivity index (χ0v) is 10.1. The second kappa shape index (κ2) is 5.18. The molecule has 0 unspecified atom stereocenters. The fourth-order valence-corrected chi connectivity index (χ4v) is 2.30. The van der Waals surface area contributed by atoms with Crippen molar-refractivity contribution in [2.75, 3.05) is 6.54 Å². The van der Waals surface area contributed by atoms with Gasteiger partial charge in [-0.2, -0.15) is 0 Å². The predicted octanol–water partition coefficient (Wildman–Crippen LogP) is 1.31. The van der Waals surface area contributed by atoms with E-state index in [-0.39, 0.29) is 0 Å². The summed E-state index contributed by atoms with van der Waals surface area (Å²) in [7, 11) is 0. The monoisotopic (exact) mass is 237 g/mol. The molecule has 0 saturated heterocycles. The summed E-state index contributed by atoms with van der Waals surface area (Å²) in [6.07, 6.45) is 3.64. The first kappa shape index (κ1) is 11.2. The molecule has 2 heterocycles. The van der Waals surface area contributed by atoms with Gasteiger partial charge in [-0.25, -0.2) is 4.98 Å². The van der Waals surface area contributed by atoms with E-state index in [0.717, 1.165) is 35.9 Å². The predicted molar refractivity (Wildman–Crippen MR) is 64.2 cm³/mol. The maximum atomic E-state index is 5.50. The lowest BCUT2D eigenvalue weighted by Crippen LogP contribution is -2.02. The van der Waals surface area contributed by atoms with Crippen LogP contribution in [0.2, 0.25) is 0 Å². The van der Waals surface area contributed by atoms with Crippen molar-refractivity contribution in [3.8, 4) is 11.5 Å². The van der Waals surface area contributed by atoms with E-state index in [4.69, 9.17) is 5.73 Å². The van der Waals surface area contributed by atoms with E-state index in [1.807, 2.05) is 9.95 Å². The fraction of sp³-hybridized carbons (Fsp3) is 0.500. The second-order valence-corrected chi connectivity index (χ2v) is 4.46. The molecule has 6 heteroatoms. The van der Waals surface area contributed by atoms with Crippen molar-refractivity contribution in [3.63, 3.8) is 0 Å². The number of aryl methyl sites for hydroxylation is 1. The standard InChI is InChI=1S/C10H15N5S/c1-2-5-15-7-12-14-10(15)8-6-16-9(13-8)3-4-11/h6-7H,2-5,11H2,1H3. The number of rotatable bonds is 5. The van der Waals surface area contributed by atoms with Gasteiger partial charge < -0.3 is 10.3 Å². The third-order valence-electron chi connectivity index (χ3n) is 2.22. The van der Waals surface area contributed by atoms with Crippen LogP contribution in [-0.2, 0) is 13.0 Å². The Hall–Kier alpha value is -1.27. The Balaban J connectivity index is 2.24. The summed E-state index contributed by atoms with van der Waals surface area (Å²) in [5.41, 5.74) is 6.40. The van der Waals surface area contributed by atoms with E-state index in [1.54, 1.807) is 17.7 Å². The number of hydrogen-bond acceptors (Lipinski definition) is 5. The van der Waals surface area contributed by atoms with Crippen molar-refractivity contribution in [1.29, 1.82) is 0 Å². The van der Waals surface area contributed by atoms with Gasteiger partial charge in [-0.05, 0) is 13.0 Å². The molecule has 0 aliphatic carbocycles. The van der Waals surface area contributed by atoms with E-state index < -0.39 is 0 Å². The lowest BCUT2D eigenvalue weighted by atomic mass is 10.4. The van der Waals surface area contributed by atoms with Crippen LogP contribution in [0.3, 0.4) is 0 Å². The highest BCUT2D eigenvalue weighted by atomic mass is 32.1. The van der Waals surface area contributed by atoms with Gasteiger partial charge in [0.25, 0.3) is 0 Å². The van der Waals surface area contributed by atoms with Crippen LogP contribution in [-0.4, -0.2) is 26.3 Å². The maximum absolute atomic E-state index is 5.50. The fourth-order valence-electron chi connectivity index (χ4n) is 1.51. The Bertz CT molecular complexity index is 448. The molecule has 5 nitrogen and oxygen atoms in total. The van der Waals surface area contributed by atoms with Gasteiger partial charge in [0, 0.05) is 18.3 Å². The topological polar surface area (TPSA) is 69.6 Å². The average Bonchev–Trinajstić information content (AvgIpc) is 2.87. The van der Waals surface area contributed by atoms with Crippen molar-refractivity contribution in [2.24, 2.45) is 5.73 Å². The smallest absolute Gasteiger partial charge is 0.183 e. The molecule has 0 atom stereocenters. The van der Waals surface area contributed by atoms with Crippen molar-refractivity contribution < 1.29 is 0 Å². The number of aromatic nitrogens is 4.